The highest BCUT2D eigenvalue weighted by molar-refractivity contribution is 14.0. The average molecular weight is 454 g/mol. The molecule has 0 heterocycles. The SMILES string of the molecule is CC(C)CNS(=O)(=O)c1ccc(CN=C(N)NC(C)C)cc1.I. The number of sulfonamides is 1. The van der Waals surface area contributed by atoms with E-state index in [0.717, 1.165) is 5.56 Å². The number of halogens is 1. The van der Waals surface area contributed by atoms with Gasteiger partial charge >= 0.3 is 0 Å². The van der Waals surface area contributed by atoms with Gasteiger partial charge in [-0.05, 0) is 37.5 Å². The van der Waals surface area contributed by atoms with Crippen LogP contribution in [0.5, 0.6) is 0 Å². The summed E-state index contributed by atoms with van der Waals surface area (Å²) in [5.74, 6) is 0.644. The quantitative estimate of drug-likeness (QED) is 0.334. The molecule has 6 nitrogen and oxygen atoms in total. The number of hydrogen-bond donors (Lipinski definition) is 3. The molecule has 8 heteroatoms. The van der Waals surface area contributed by atoms with Crippen molar-refractivity contribution in [2.75, 3.05) is 6.54 Å². The Hall–Kier alpha value is -0.870. The number of rotatable bonds is 7. The van der Waals surface area contributed by atoms with E-state index < -0.39 is 10.0 Å². The Balaban J connectivity index is 0.00000484. The number of nitrogens with one attached hydrogen (secondary N) is 2. The number of nitrogens with two attached hydrogens (primary N) is 1. The van der Waals surface area contributed by atoms with Crippen molar-refractivity contribution >= 4 is 40.0 Å². The van der Waals surface area contributed by atoms with Gasteiger partial charge < -0.3 is 11.1 Å². The van der Waals surface area contributed by atoms with E-state index in [-0.39, 0.29) is 40.8 Å². The minimum absolute atomic E-state index is 0. The maximum absolute atomic E-state index is 12.1. The van der Waals surface area contributed by atoms with Gasteiger partial charge in [0.05, 0.1) is 11.4 Å². The van der Waals surface area contributed by atoms with Crippen LogP contribution in [0.4, 0.5) is 0 Å². The van der Waals surface area contributed by atoms with Crippen LogP contribution < -0.4 is 15.8 Å². The van der Waals surface area contributed by atoms with Gasteiger partial charge in [-0.3, -0.25) is 0 Å². The van der Waals surface area contributed by atoms with E-state index >= 15 is 0 Å². The van der Waals surface area contributed by atoms with Crippen LogP contribution in [-0.4, -0.2) is 27.0 Å². The van der Waals surface area contributed by atoms with E-state index in [1.54, 1.807) is 24.3 Å². The minimum Gasteiger partial charge on any atom is -0.370 e. The van der Waals surface area contributed by atoms with Crippen LogP contribution in [0, 0.1) is 5.92 Å². The number of benzene rings is 1. The van der Waals surface area contributed by atoms with Crippen LogP contribution in [0.2, 0.25) is 0 Å². The molecular weight excluding hydrogens is 427 g/mol. The molecule has 0 unspecified atom stereocenters. The highest BCUT2D eigenvalue weighted by Gasteiger charge is 2.13. The van der Waals surface area contributed by atoms with Crippen molar-refractivity contribution < 1.29 is 8.42 Å². The number of hydrogen-bond acceptors (Lipinski definition) is 3. The van der Waals surface area contributed by atoms with Gasteiger partial charge in [0, 0.05) is 12.6 Å². The monoisotopic (exact) mass is 454 g/mol. The average Bonchev–Trinajstić information content (AvgIpc) is 2.43. The standard InChI is InChI=1S/C15H26N4O2S.HI/c1-11(2)9-18-22(20,21)14-7-5-13(6-8-14)10-17-15(16)19-12(3)4;/h5-8,11-12,18H,9-10H2,1-4H3,(H3,16,17,19);1H. The van der Waals surface area contributed by atoms with E-state index in [4.69, 9.17) is 5.73 Å². The number of guanidine groups is 1. The van der Waals surface area contributed by atoms with Crippen molar-refractivity contribution in [3.63, 3.8) is 0 Å². The van der Waals surface area contributed by atoms with Gasteiger partial charge in [-0.1, -0.05) is 26.0 Å². The van der Waals surface area contributed by atoms with Gasteiger partial charge in [-0.15, -0.1) is 24.0 Å². The molecule has 0 radical (unpaired) electrons. The van der Waals surface area contributed by atoms with Crippen molar-refractivity contribution in [3.8, 4) is 0 Å². The molecule has 23 heavy (non-hydrogen) atoms. The van der Waals surface area contributed by atoms with Crippen molar-refractivity contribution in [1.82, 2.24) is 10.0 Å². The van der Waals surface area contributed by atoms with Crippen molar-refractivity contribution in [1.29, 1.82) is 0 Å². The Labute approximate surface area is 156 Å². The zero-order chi connectivity index (χ0) is 16.8. The van der Waals surface area contributed by atoms with Gasteiger partial charge in [0.2, 0.25) is 10.0 Å². The Morgan fingerprint density at radius 3 is 2.22 bits per heavy atom. The summed E-state index contributed by atoms with van der Waals surface area (Å²) in [5.41, 5.74) is 6.62. The molecule has 0 fully saturated rings. The Morgan fingerprint density at radius 2 is 1.74 bits per heavy atom. The molecule has 0 spiro atoms. The molecular formula is C15H27IN4O2S. The van der Waals surface area contributed by atoms with Crippen LogP contribution in [0.25, 0.3) is 0 Å². The van der Waals surface area contributed by atoms with Crippen molar-refractivity contribution in [3.05, 3.63) is 29.8 Å². The summed E-state index contributed by atoms with van der Waals surface area (Å²) in [6, 6.07) is 6.88. The first-order valence-corrected chi connectivity index (χ1v) is 8.84. The lowest BCUT2D eigenvalue weighted by Crippen LogP contribution is -2.36. The highest BCUT2D eigenvalue weighted by atomic mass is 127. The second-order valence-corrected chi connectivity index (χ2v) is 7.66. The molecule has 1 aromatic rings. The third-order valence-corrected chi connectivity index (χ3v) is 4.22. The third kappa shape index (κ3) is 8.52. The fraction of sp³-hybridized carbons (Fsp3) is 0.533. The predicted octanol–water partition coefficient (Wildman–Crippen LogP) is 2.05. The molecule has 0 aliphatic carbocycles. The largest absolute Gasteiger partial charge is 0.370 e. The van der Waals surface area contributed by atoms with Gasteiger partial charge in [-0.25, -0.2) is 18.1 Å². The molecule has 4 N–H and O–H groups in total. The van der Waals surface area contributed by atoms with Gasteiger partial charge in [0.1, 0.15) is 0 Å². The van der Waals surface area contributed by atoms with Gasteiger partial charge in [0.25, 0.3) is 0 Å². The van der Waals surface area contributed by atoms with Crippen LogP contribution in [0.3, 0.4) is 0 Å². The van der Waals surface area contributed by atoms with Crippen LogP contribution in [0.1, 0.15) is 33.3 Å². The molecule has 0 atom stereocenters. The Morgan fingerprint density at radius 1 is 1.17 bits per heavy atom. The molecule has 0 bridgehead atoms. The first kappa shape index (κ1) is 22.1. The highest BCUT2D eigenvalue weighted by Crippen LogP contribution is 2.11. The summed E-state index contributed by atoms with van der Waals surface area (Å²) in [4.78, 5) is 4.46. The summed E-state index contributed by atoms with van der Waals surface area (Å²) < 4.78 is 26.7. The van der Waals surface area contributed by atoms with E-state index in [1.165, 1.54) is 0 Å². The maximum Gasteiger partial charge on any atom is 0.240 e. The Kier molecular flexibility index (Phi) is 9.71. The fourth-order valence-corrected chi connectivity index (χ4v) is 2.87. The summed E-state index contributed by atoms with van der Waals surface area (Å²) in [6.45, 7) is 8.70. The first-order chi connectivity index (χ1) is 10.2. The Bertz CT molecular complexity index is 598. The lowest BCUT2D eigenvalue weighted by molar-refractivity contribution is 0.560. The van der Waals surface area contributed by atoms with E-state index in [9.17, 15) is 8.42 Å². The maximum atomic E-state index is 12.1. The van der Waals surface area contributed by atoms with E-state index in [2.05, 4.69) is 15.0 Å². The summed E-state index contributed by atoms with van der Waals surface area (Å²) in [7, 11) is -3.44. The normalized spacial score (nSPS) is 12.3. The molecule has 0 saturated heterocycles. The molecule has 0 aromatic heterocycles. The van der Waals surface area contributed by atoms with Crippen LogP contribution in [-0.2, 0) is 16.6 Å². The van der Waals surface area contributed by atoms with Crippen LogP contribution in [0.15, 0.2) is 34.2 Å². The van der Waals surface area contributed by atoms with Gasteiger partial charge in [0.15, 0.2) is 5.96 Å². The summed E-state index contributed by atoms with van der Waals surface area (Å²) in [5, 5.41) is 3.00. The third-order valence-electron chi connectivity index (χ3n) is 2.78. The zero-order valence-electron chi connectivity index (χ0n) is 14.0. The smallest absolute Gasteiger partial charge is 0.240 e. The van der Waals surface area contributed by atoms with Gasteiger partial charge in [-0.2, -0.15) is 0 Å². The topological polar surface area (TPSA) is 96.6 Å². The predicted molar refractivity (Wildman–Crippen MR) is 105 cm³/mol. The fourth-order valence-electron chi connectivity index (χ4n) is 1.65. The molecule has 132 valence electrons. The first-order valence-electron chi connectivity index (χ1n) is 7.35. The van der Waals surface area contributed by atoms with Crippen molar-refractivity contribution in [2.24, 2.45) is 16.6 Å². The summed E-state index contributed by atoms with van der Waals surface area (Å²) in [6.07, 6.45) is 0. The second kappa shape index (κ2) is 10.1. The zero-order valence-corrected chi connectivity index (χ0v) is 17.2. The molecule has 1 rings (SSSR count). The molecule has 0 aliphatic heterocycles. The molecule has 0 saturated carbocycles. The van der Waals surface area contributed by atoms with Crippen LogP contribution >= 0.6 is 24.0 Å². The van der Waals surface area contributed by atoms with Crippen molar-refractivity contribution in [2.45, 2.75) is 45.2 Å². The number of aliphatic imine (C=N–C) groups is 1. The molecule has 1 aromatic carbocycles. The van der Waals surface area contributed by atoms with E-state index in [1.807, 2.05) is 27.7 Å². The minimum atomic E-state index is -3.44. The lowest BCUT2D eigenvalue weighted by Gasteiger charge is -2.10. The lowest BCUT2D eigenvalue weighted by atomic mass is 10.2. The molecule has 0 amide bonds. The summed E-state index contributed by atoms with van der Waals surface area (Å²) >= 11 is 0. The molecule has 0 aliphatic rings. The van der Waals surface area contributed by atoms with E-state index in [0.29, 0.717) is 19.0 Å². The number of nitrogens with zero attached hydrogens (tertiary/aromatic N) is 1. The second-order valence-electron chi connectivity index (χ2n) is 5.89.